The number of para-hydroxylation sites is 4. The van der Waals surface area contributed by atoms with Crippen LogP contribution in [0.5, 0.6) is 0 Å². The molecule has 0 N–H and O–H groups in total. The van der Waals surface area contributed by atoms with Gasteiger partial charge in [0, 0.05) is 38.2 Å². The van der Waals surface area contributed by atoms with Gasteiger partial charge < -0.3 is 4.57 Å². The number of rotatable bonds is 5. The third-order valence-corrected chi connectivity index (χ3v) is 12.4. The number of hydrogen-bond donors (Lipinski definition) is 0. The normalized spacial score (nSPS) is 14.1. The van der Waals surface area contributed by atoms with Gasteiger partial charge >= 0.3 is 0 Å². The second-order valence-electron chi connectivity index (χ2n) is 15.8. The van der Waals surface area contributed by atoms with Crippen LogP contribution < -0.4 is 0 Å². The van der Waals surface area contributed by atoms with Crippen molar-refractivity contribution >= 4 is 66.2 Å². The number of fused-ring (bicyclic) bond motifs is 8. The predicted octanol–water partition coefficient (Wildman–Crippen LogP) is 14.2. The average molecular weight is 755 g/mol. The summed E-state index contributed by atoms with van der Waals surface area (Å²) >= 11 is 0. The van der Waals surface area contributed by atoms with Gasteiger partial charge in [0.25, 0.3) is 0 Å². The molecule has 11 aromatic rings. The monoisotopic (exact) mass is 754 g/mol. The molecule has 0 fully saturated rings. The van der Waals surface area contributed by atoms with Crippen molar-refractivity contribution in [2.24, 2.45) is 0 Å². The molecule has 1 aliphatic rings. The first-order valence-electron chi connectivity index (χ1n) is 20.5. The Hall–Kier alpha value is -7.56. The highest BCUT2D eigenvalue weighted by Crippen LogP contribution is 2.42. The zero-order chi connectivity index (χ0) is 39.0. The molecule has 278 valence electrons. The fourth-order valence-electron chi connectivity index (χ4n) is 9.67. The zero-order valence-corrected chi connectivity index (χ0v) is 32.5. The van der Waals surface area contributed by atoms with E-state index in [0.717, 1.165) is 50.9 Å². The van der Waals surface area contributed by atoms with Crippen LogP contribution in [-0.4, -0.2) is 19.1 Å². The average Bonchev–Trinajstić information content (AvgIpc) is 3.82. The number of allylic oxidation sites excluding steroid dienone is 1. The van der Waals surface area contributed by atoms with Gasteiger partial charge in [-0.2, -0.15) is 0 Å². The molecule has 4 nitrogen and oxygen atoms in total. The Morgan fingerprint density at radius 3 is 1.97 bits per heavy atom. The lowest BCUT2D eigenvalue weighted by molar-refractivity contribution is 0.783. The molecule has 0 aliphatic heterocycles. The van der Waals surface area contributed by atoms with Crippen molar-refractivity contribution in [3.8, 4) is 34.0 Å². The highest BCUT2D eigenvalue weighted by molar-refractivity contribution is 6.17. The van der Waals surface area contributed by atoms with Crippen LogP contribution in [0, 0.1) is 0 Å². The van der Waals surface area contributed by atoms with Crippen molar-refractivity contribution in [2.75, 3.05) is 0 Å². The van der Waals surface area contributed by atoms with E-state index in [1.54, 1.807) is 0 Å². The first-order valence-corrected chi connectivity index (χ1v) is 20.5. The maximum Gasteiger partial charge on any atom is 0.235 e. The van der Waals surface area contributed by atoms with Crippen LogP contribution in [-0.2, 0) is 0 Å². The lowest BCUT2D eigenvalue weighted by atomic mass is 9.82. The summed E-state index contributed by atoms with van der Waals surface area (Å²) in [7, 11) is 0. The maximum absolute atomic E-state index is 5.46. The number of hydrogen-bond acceptors (Lipinski definition) is 2. The molecule has 0 spiro atoms. The number of benzene rings is 8. The molecular formula is C55H38N4. The van der Waals surface area contributed by atoms with Crippen LogP contribution in [0.1, 0.15) is 36.0 Å². The molecule has 0 bridgehead atoms. The first-order chi connectivity index (χ1) is 29.2. The van der Waals surface area contributed by atoms with E-state index in [1.807, 2.05) is 0 Å². The summed E-state index contributed by atoms with van der Waals surface area (Å²) < 4.78 is 4.64. The minimum Gasteiger partial charge on any atom is -0.309 e. The lowest BCUT2D eigenvalue weighted by Gasteiger charge is -2.23. The fraction of sp³-hybridized carbons (Fsp3) is 0.0545. The van der Waals surface area contributed by atoms with Gasteiger partial charge in [-0.1, -0.05) is 159 Å². The van der Waals surface area contributed by atoms with Crippen LogP contribution in [0.3, 0.4) is 0 Å². The minimum atomic E-state index is 0.480. The van der Waals surface area contributed by atoms with Gasteiger partial charge in [0.1, 0.15) is 0 Å². The minimum absolute atomic E-state index is 0.480. The highest BCUT2D eigenvalue weighted by atomic mass is 15.2. The van der Waals surface area contributed by atoms with E-state index < -0.39 is 0 Å². The summed E-state index contributed by atoms with van der Waals surface area (Å²) in [5, 5.41) is 5.85. The SMILES string of the molecule is CC1CC(c2ccc(-c3nc(-n4c5ccccc5c5ccc(-c6cccc7c6c6ccccc6n7-c6ccccc6)cc54)nc4ccccc34)cc2)=Cc2ccccc21. The van der Waals surface area contributed by atoms with Crippen LogP contribution in [0.15, 0.2) is 188 Å². The van der Waals surface area contributed by atoms with Gasteiger partial charge in [0.05, 0.1) is 33.3 Å². The standard InChI is InChI=1S/C55H38N4/c1-35-32-40(33-38-14-5-6-17-42(35)38)36-26-28-37(29-27-36)54-46-19-7-10-22-48(46)56-55(57-54)59-49-23-11-8-18-44(49)45-31-30-39(34-52(45)59)43-21-13-25-51-53(43)47-20-9-12-24-50(47)58(51)41-15-3-2-4-16-41/h2-31,33-35H,32H2,1H3. The first kappa shape index (κ1) is 33.6. The second kappa shape index (κ2) is 13.3. The van der Waals surface area contributed by atoms with Crippen molar-refractivity contribution in [2.45, 2.75) is 19.3 Å². The molecule has 0 radical (unpaired) electrons. The molecule has 1 unspecified atom stereocenters. The lowest BCUT2D eigenvalue weighted by Crippen LogP contribution is -2.04. The molecule has 8 aromatic carbocycles. The molecule has 0 saturated carbocycles. The molecule has 3 aromatic heterocycles. The molecular weight excluding hydrogens is 717 g/mol. The summed E-state index contributed by atoms with van der Waals surface area (Å²) in [6.07, 6.45) is 3.39. The van der Waals surface area contributed by atoms with Gasteiger partial charge in [-0.15, -0.1) is 0 Å². The molecule has 0 amide bonds. The number of aromatic nitrogens is 4. The van der Waals surface area contributed by atoms with E-state index in [-0.39, 0.29) is 0 Å². The molecule has 4 heteroatoms. The van der Waals surface area contributed by atoms with Crippen LogP contribution in [0.25, 0.3) is 100 Å². The summed E-state index contributed by atoms with van der Waals surface area (Å²) in [4.78, 5) is 10.8. The maximum atomic E-state index is 5.46. The largest absolute Gasteiger partial charge is 0.309 e. The summed E-state index contributed by atoms with van der Waals surface area (Å²) in [5.41, 5.74) is 16.3. The van der Waals surface area contributed by atoms with Crippen LogP contribution >= 0.6 is 0 Å². The second-order valence-corrected chi connectivity index (χ2v) is 15.8. The van der Waals surface area contributed by atoms with Gasteiger partial charge in [-0.05, 0) is 88.2 Å². The zero-order valence-electron chi connectivity index (χ0n) is 32.5. The molecule has 3 heterocycles. The Kier molecular flexibility index (Phi) is 7.54. The van der Waals surface area contributed by atoms with Gasteiger partial charge in [0.2, 0.25) is 5.95 Å². The summed E-state index contributed by atoms with van der Waals surface area (Å²) in [6.45, 7) is 2.33. The number of nitrogens with zero attached hydrogens (tertiary/aromatic N) is 4. The van der Waals surface area contributed by atoms with E-state index in [2.05, 4.69) is 210 Å². The third kappa shape index (κ3) is 5.30. The van der Waals surface area contributed by atoms with Crippen LogP contribution in [0.4, 0.5) is 0 Å². The molecule has 12 rings (SSSR count). The van der Waals surface area contributed by atoms with Gasteiger partial charge in [0.15, 0.2) is 0 Å². The smallest absolute Gasteiger partial charge is 0.235 e. The van der Waals surface area contributed by atoms with Crippen molar-refractivity contribution < 1.29 is 0 Å². The topological polar surface area (TPSA) is 35.6 Å². The van der Waals surface area contributed by atoms with E-state index in [1.165, 1.54) is 60.4 Å². The van der Waals surface area contributed by atoms with E-state index in [0.29, 0.717) is 11.9 Å². The van der Waals surface area contributed by atoms with E-state index in [9.17, 15) is 0 Å². The Morgan fingerprint density at radius 1 is 0.475 bits per heavy atom. The Bertz CT molecular complexity index is 3480. The third-order valence-electron chi connectivity index (χ3n) is 12.4. The highest BCUT2D eigenvalue weighted by Gasteiger charge is 2.22. The van der Waals surface area contributed by atoms with Crippen molar-refractivity contribution in [3.05, 3.63) is 205 Å². The summed E-state index contributed by atoms with van der Waals surface area (Å²) in [6, 6.07) is 67.8. The van der Waals surface area contributed by atoms with Crippen molar-refractivity contribution in [3.63, 3.8) is 0 Å². The predicted molar refractivity (Wildman–Crippen MR) is 246 cm³/mol. The Morgan fingerprint density at radius 2 is 1.12 bits per heavy atom. The van der Waals surface area contributed by atoms with E-state index in [4.69, 9.17) is 9.97 Å². The quantitative estimate of drug-likeness (QED) is 0.175. The Balaban J connectivity index is 1.04. The van der Waals surface area contributed by atoms with E-state index >= 15 is 0 Å². The summed E-state index contributed by atoms with van der Waals surface area (Å²) in [5.74, 6) is 1.14. The molecule has 59 heavy (non-hydrogen) atoms. The Labute approximate surface area is 342 Å². The van der Waals surface area contributed by atoms with Crippen molar-refractivity contribution in [1.82, 2.24) is 19.1 Å². The molecule has 0 saturated heterocycles. The fourth-order valence-corrected chi connectivity index (χ4v) is 9.67. The molecule has 1 aliphatic carbocycles. The van der Waals surface area contributed by atoms with Crippen molar-refractivity contribution in [1.29, 1.82) is 0 Å². The van der Waals surface area contributed by atoms with Gasteiger partial charge in [-0.25, -0.2) is 9.97 Å². The van der Waals surface area contributed by atoms with Gasteiger partial charge in [-0.3, -0.25) is 4.57 Å². The molecule has 1 atom stereocenters. The van der Waals surface area contributed by atoms with Crippen LogP contribution in [0.2, 0.25) is 0 Å².